The first-order valence-electron chi connectivity index (χ1n) is 18.9. The molecule has 0 saturated carbocycles. The Morgan fingerprint density at radius 2 is 0.689 bits per heavy atom. The Morgan fingerprint density at radius 1 is 0.377 bits per heavy atom. The fraction of sp³-hybridized carbons (Fsp3) is 0.200. The minimum Gasteiger partial charge on any atom is -0.466 e. The van der Waals surface area contributed by atoms with Gasteiger partial charge in [-0.15, -0.1) is 0 Å². The van der Waals surface area contributed by atoms with Crippen molar-refractivity contribution in [3.8, 4) is 62.9 Å². The van der Waals surface area contributed by atoms with Crippen LogP contribution in [0, 0.1) is 21.4 Å². The van der Waals surface area contributed by atoms with Crippen LogP contribution in [0.25, 0.3) is 11.1 Å². The summed E-state index contributed by atoms with van der Waals surface area (Å²) in [5.41, 5.74) is 2.20. The van der Waals surface area contributed by atoms with E-state index in [9.17, 15) is 0 Å². The van der Waals surface area contributed by atoms with Crippen molar-refractivity contribution in [1.29, 1.82) is 0 Å². The number of thiol groups is 1. The van der Waals surface area contributed by atoms with Crippen LogP contribution in [0.5, 0.6) is 51.7 Å². The summed E-state index contributed by atoms with van der Waals surface area (Å²) in [6.45, 7) is 8.20. The zero-order valence-electron chi connectivity index (χ0n) is 32.9. The molecular weight excluding hydrogens is 1480 g/mol. The van der Waals surface area contributed by atoms with E-state index in [0.717, 1.165) is 84.3 Å². The van der Waals surface area contributed by atoms with E-state index in [1.54, 1.807) is 0 Å². The molecule has 0 fully saturated rings. The van der Waals surface area contributed by atoms with Gasteiger partial charge in [0.15, 0.2) is 20.4 Å². The van der Waals surface area contributed by atoms with Crippen molar-refractivity contribution in [1.82, 2.24) is 0 Å². The van der Waals surface area contributed by atoms with Crippen LogP contribution in [0.4, 0.5) is 0 Å². The number of fused-ring (bicyclic) bond motifs is 3. The summed E-state index contributed by atoms with van der Waals surface area (Å²) in [7, 11) is -0.917. The Labute approximate surface area is 440 Å². The third kappa shape index (κ3) is 12.0. The van der Waals surface area contributed by atoms with Crippen molar-refractivity contribution in [3.63, 3.8) is 0 Å². The van der Waals surface area contributed by atoms with E-state index in [2.05, 4.69) is 184 Å². The Hall–Kier alpha value is -1.27. The first-order chi connectivity index (χ1) is 29.6. The third-order valence-electron chi connectivity index (χ3n) is 8.95. The van der Waals surface area contributed by atoms with Crippen molar-refractivity contribution >= 4 is 146 Å². The minimum atomic E-state index is -0.917. The molecule has 0 saturated heterocycles. The molecule has 0 unspecified atom stereocenters. The molecular formula is C45H38I6O9S. The van der Waals surface area contributed by atoms with E-state index >= 15 is 0 Å². The van der Waals surface area contributed by atoms with Gasteiger partial charge in [0.2, 0.25) is 0 Å². The molecule has 1 aliphatic rings. The maximum atomic E-state index is 6.60. The predicted molar refractivity (Wildman–Crippen MR) is 289 cm³/mol. The molecule has 0 radical (unpaired) electrons. The summed E-state index contributed by atoms with van der Waals surface area (Å²) in [6, 6.07) is 33.1. The number of hydrogen-bond donors (Lipinski definition) is 1. The van der Waals surface area contributed by atoms with Crippen LogP contribution in [-0.2, 0) is 14.2 Å². The Balaban J connectivity index is 1.20. The summed E-state index contributed by atoms with van der Waals surface area (Å²) in [5.74, 6) is 6.75. The zero-order chi connectivity index (χ0) is 43.0. The van der Waals surface area contributed by atoms with Gasteiger partial charge >= 0.3 is 0 Å². The van der Waals surface area contributed by atoms with Gasteiger partial charge < -0.3 is 42.6 Å². The number of ether oxygens (including phenoxy) is 9. The Kier molecular flexibility index (Phi) is 17.8. The lowest BCUT2D eigenvalue weighted by molar-refractivity contribution is 0.0216. The fourth-order valence-corrected chi connectivity index (χ4v) is 12.1. The second-order valence-electron chi connectivity index (χ2n) is 12.9. The zero-order valence-corrected chi connectivity index (χ0v) is 46.7. The van der Waals surface area contributed by atoms with Crippen LogP contribution in [0.1, 0.15) is 20.8 Å². The van der Waals surface area contributed by atoms with Crippen LogP contribution >= 0.6 is 146 Å². The molecule has 320 valence electrons. The smallest absolute Gasteiger partial charge is 0.189 e. The minimum absolute atomic E-state index is 0.197. The lowest BCUT2D eigenvalue weighted by atomic mass is 10.1. The third-order valence-corrected chi connectivity index (χ3v) is 16.6. The number of halogens is 6. The van der Waals surface area contributed by atoms with E-state index in [-0.39, 0.29) is 20.4 Å². The second-order valence-corrected chi connectivity index (χ2v) is 22.0. The summed E-state index contributed by atoms with van der Waals surface area (Å²) >= 11 is 13.7. The first kappa shape index (κ1) is 47.7. The SMILES string of the molecule is CCOCOc1cc(I)c(Oc2ccc([SH]3c4ccc(Oc5cc(I)c(OCOCC)cc5I)cc4-c4cc(Oc5cc(I)c(OCOCC)cc5I)ccc43)cc2)cc1I. The largest absolute Gasteiger partial charge is 0.466 e. The molecule has 0 aromatic heterocycles. The molecule has 0 amide bonds. The summed E-state index contributed by atoms with van der Waals surface area (Å²) in [4.78, 5) is 3.67. The van der Waals surface area contributed by atoms with Crippen molar-refractivity contribution in [3.05, 3.63) is 118 Å². The molecule has 9 nitrogen and oxygen atoms in total. The molecule has 6 aromatic carbocycles. The number of benzene rings is 6. The average molecular weight is 1520 g/mol. The van der Waals surface area contributed by atoms with Crippen LogP contribution in [-0.4, -0.2) is 40.2 Å². The summed E-state index contributed by atoms with van der Waals surface area (Å²) in [6.07, 6.45) is 0. The molecule has 0 N–H and O–H groups in total. The molecule has 0 aliphatic carbocycles. The highest BCUT2D eigenvalue weighted by molar-refractivity contribution is 14.1. The van der Waals surface area contributed by atoms with E-state index < -0.39 is 10.9 Å². The Bertz CT molecular complexity index is 2390. The van der Waals surface area contributed by atoms with Crippen LogP contribution in [0.2, 0.25) is 0 Å². The highest BCUT2D eigenvalue weighted by atomic mass is 127. The Morgan fingerprint density at radius 3 is 1.05 bits per heavy atom. The molecule has 0 spiro atoms. The standard InChI is InChI=1S/C45H38I6O9S/c1-4-52-23-55-38-17-35(49)41(20-32(38)46)58-26-7-11-29(12-8-26)61-44-13-9-27(59-42-21-33(47)39(18-36(42)50)56-24-53-5-2)15-30(44)31-16-28(10-14-45(31)61)60-43-22-34(48)40(19-37(43)51)57-25-54-6-3/h7-22,61H,4-6,23-25H2,1-3H3. The summed E-state index contributed by atoms with van der Waals surface area (Å²) in [5, 5.41) is 0. The highest BCUT2D eigenvalue weighted by Gasteiger charge is 2.29. The number of rotatable bonds is 19. The van der Waals surface area contributed by atoms with E-state index in [1.165, 1.54) is 14.7 Å². The van der Waals surface area contributed by atoms with Crippen LogP contribution in [0.15, 0.2) is 112 Å². The maximum absolute atomic E-state index is 6.60. The van der Waals surface area contributed by atoms with Gasteiger partial charge in [-0.2, -0.15) is 10.9 Å². The summed E-state index contributed by atoms with van der Waals surface area (Å²) < 4.78 is 58.9. The molecule has 6 aromatic rings. The molecule has 1 aliphatic heterocycles. The van der Waals surface area contributed by atoms with Gasteiger partial charge in [-0.3, -0.25) is 0 Å². The van der Waals surface area contributed by atoms with Gasteiger partial charge in [0, 0.05) is 29.6 Å². The molecule has 1 heterocycles. The lowest BCUT2D eigenvalue weighted by Crippen LogP contribution is -2.03. The molecule has 61 heavy (non-hydrogen) atoms. The molecule has 0 bridgehead atoms. The topological polar surface area (TPSA) is 83.1 Å². The lowest BCUT2D eigenvalue weighted by Gasteiger charge is -2.20. The van der Waals surface area contributed by atoms with Gasteiger partial charge in [-0.25, -0.2) is 0 Å². The molecule has 0 atom stereocenters. The van der Waals surface area contributed by atoms with Crippen molar-refractivity contribution in [2.45, 2.75) is 35.5 Å². The van der Waals surface area contributed by atoms with Crippen molar-refractivity contribution < 1.29 is 42.6 Å². The van der Waals surface area contributed by atoms with Crippen LogP contribution < -0.4 is 28.4 Å². The van der Waals surface area contributed by atoms with Gasteiger partial charge in [0.25, 0.3) is 0 Å². The van der Waals surface area contributed by atoms with Gasteiger partial charge in [0.05, 0.1) is 21.4 Å². The second kappa shape index (κ2) is 22.8. The van der Waals surface area contributed by atoms with E-state index in [0.29, 0.717) is 19.8 Å². The van der Waals surface area contributed by atoms with Crippen molar-refractivity contribution in [2.24, 2.45) is 0 Å². The van der Waals surface area contributed by atoms with Gasteiger partial charge in [0.1, 0.15) is 51.7 Å². The quantitative estimate of drug-likeness (QED) is 0.0368. The molecule has 7 rings (SSSR count). The fourth-order valence-electron chi connectivity index (χ4n) is 6.09. The van der Waals surface area contributed by atoms with Crippen LogP contribution in [0.3, 0.4) is 0 Å². The monoisotopic (exact) mass is 1520 g/mol. The van der Waals surface area contributed by atoms with E-state index in [1.807, 2.05) is 69.3 Å². The maximum Gasteiger partial charge on any atom is 0.189 e. The van der Waals surface area contributed by atoms with Gasteiger partial charge in [-0.05, 0) is 269 Å². The first-order valence-corrected chi connectivity index (χ1v) is 26.7. The highest BCUT2D eigenvalue weighted by Crippen LogP contribution is 2.64. The predicted octanol–water partition coefficient (Wildman–Crippen LogP) is 15.3. The van der Waals surface area contributed by atoms with E-state index in [4.69, 9.17) is 42.6 Å². The normalized spacial score (nSPS) is 12.2. The molecule has 16 heteroatoms. The van der Waals surface area contributed by atoms with Gasteiger partial charge in [-0.1, -0.05) is 0 Å². The number of hydrogen-bond acceptors (Lipinski definition) is 9. The average Bonchev–Trinajstić information content (AvgIpc) is 3.56. The van der Waals surface area contributed by atoms with Crippen molar-refractivity contribution in [2.75, 3.05) is 40.2 Å².